The van der Waals surface area contributed by atoms with Crippen molar-refractivity contribution in [1.82, 2.24) is 9.97 Å². The van der Waals surface area contributed by atoms with Gasteiger partial charge in [-0.25, -0.2) is 9.97 Å². The van der Waals surface area contributed by atoms with Crippen LogP contribution in [-0.4, -0.2) is 23.0 Å². The van der Waals surface area contributed by atoms with Crippen LogP contribution in [0, 0.1) is 0 Å². The summed E-state index contributed by atoms with van der Waals surface area (Å²) in [5.74, 6) is 0.549. The van der Waals surface area contributed by atoms with Gasteiger partial charge in [-0.15, -0.1) is 0 Å². The molecule has 2 aromatic carbocycles. The number of nitrogens with one attached hydrogen (secondary N) is 2. The van der Waals surface area contributed by atoms with E-state index in [1.807, 2.05) is 18.2 Å². The summed E-state index contributed by atoms with van der Waals surface area (Å²) in [7, 11) is 1.58. The summed E-state index contributed by atoms with van der Waals surface area (Å²) in [6.07, 6.45) is 1.49. The average Bonchev–Trinajstić information content (AvgIpc) is 2.65. The summed E-state index contributed by atoms with van der Waals surface area (Å²) in [5.41, 5.74) is 1.33. The summed E-state index contributed by atoms with van der Waals surface area (Å²) in [5, 5.41) is 6.56. The van der Waals surface area contributed by atoms with Gasteiger partial charge in [0.25, 0.3) is 5.91 Å². The zero-order chi connectivity index (χ0) is 18.5. The normalized spacial score (nSPS) is 10.3. The van der Waals surface area contributed by atoms with Gasteiger partial charge in [0, 0.05) is 23.0 Å². The van der Waals surface area contributed by atoms with Crippen LogP contribution in [0.3, 0.4) is 0 Å². The molecule has 0 aliphatic carbocycles. The number of amides is 1. The fourth-order valence-corrected chi connectivity index (χ4v) is 2.49. The molecular weight excluding hydrogens is 375 g/mol. The van der Waals surface area contributed by atoms with Crippen molar-refractivity contribution in [1.29, 1.82) is 0 Å². The van der Waals surface area contributed by atoms with Crippen LogP contribution in [-0.2, 0) is 0 Å². The van der Waals surface area contributed by atoms with Crippen LogP contribution in [0.4, 0.5) is 17.3 Å². The van der Waals surface area contributed by atoms with Crippen molar-refractivity contribution in [3.05, 3.63) is 70.5 Å². The number of rotatable bonds is 5. The molecule has 0 radical (unpaired) electrons. The zero-order valence-electron chi connectivity index (χ0n) is 13.7. The first-order valence-corrected chi connectivity index (χ1v) is 8.31. The van der Waals surface area contributed by atoms with Crippen LogP contribution < -0.4 is 15.4 Å². The third-order valence-electron chi connectivity index (χ3n) is 3.39. The Morgan fingerprint density at radius 3 is 2.77 bits per heavy atom. The van der Waals surface area contributed by atoms with Gasteiger partial charge in [0.2, 0.25) is 5.95 Å². The number of methoxy groups -OCH3 is 1. The smallest absolute Gasteiger partial charge is 0.274 e. The maximum atomic E-state index is 12.4. The lowest BCUT2D eigenvalue weighted by atomic mass is 10.3. The van der Waals surface area contributed by atoms with E-state index in [0.29, 0.717) is 21.5 Å². The number of benzene rings is 2. The van der Waals surface area contributed by atoms with Crippen LogP contribution in [0.15, 0.2) is 54.7 Å². The van der Waals surface area contributed by atoms with Gasteiger partial charge in [-0.3, -0.25) is 4.79 Å². The lowest BCUT2D eigenvalue weighted by Crippen LogP contribution is -2.15. The second kappa shape index (κ2) is 8.03. The number of aromatic nitrogens is 2. The Morgan fingerprint density at radius 2 is 1.96 bits per heavy atom. The fraction of sp³-hybridized carbons (Fsp3) is 0.0556. The van der Waals surface area contributed by atoms with E-state index < -0.39 is 5.91 Å². The average molecular weight is 389 g/mol. The van der Waals surface area contributed by atoms with Gasteiger partial charge in [-0.05, 0) is 36.4 Å². The van der Waals surface area contributed by atoms with Crippen molar-refractivity contribution < 1.29 is 9.53 Å². The Hall–Kier alpha value is -2.83. The van der Waals surface area contributed by atoms with Crippen LogP contribution in [0.2, 0.25) is 10.0 Å². The quantitative estimate of drug-likeness (QED) is 0.656. The largest absolute Gasteiger partial charge is 0.497 e. The highest BCUT2D eigenvalue weighted by Crippen LogP contribution is 2.26. The molecule has 0 aliphatic heterocycles. The Kier molecular flexibility index (Phi) is 5.55. The SMILES string of the molecule is COc1cccc(Nc2nccc(C(=O)Nc3cc(Cl)ccc3Cl)n2)c1. The van der Waals surface area contributed by atoms with Gasteiger partial charge in [-0.2, -0.15) is 0 Å². The van der Waals surface area contributed by atoms with Gasteiger partial charge < -0.3 is 15.4 Å². The minimum Gasteiger partial charge on any atom is -0.497 e. The molecule has 6 nitrogen and oxygen atoms in total. The number of halogens is 2. The second-order valence-electron chi connectivity index (χ2n) is 5.20. The first-order chi connectivity index (χ1) is 12.5. The van der Waals surface area contributed by atoms with E-state index >= 15 is 0 Å². The molecule has 0 atom stereocenters. The molecule has 1 aromatic heterocycles. The van der Waals surface area contributed by atoms with Crippen molar-refractivity contribution >= 4 is 46.4 Å². The predicted octanol–water partition coefficient (Wildman–Crippen LogP) is 4.79. The molecule has 0 fully saturated rings. The number of nitrogens with zero attached hydrogens (tertiary/aromatic N) is 2. The third kappa shape index (κ3) is 4.41. The Labute approximate surface area is 160 Å². The highest BCUT2D eigenvalue weighted by molar-refractivity contribution is 6.35. The molecule has 0 bridgehead atoms. The molecule has 0 aliphatic rings. The second-order valence-corrected chi connectivity index (χ2v) is 6.04. The number of carbonyl (C=O) groups excluding carboxylic acids is 1. The van der Waals surface area contributed by atoms with Gasteiger partial charge in [0.15, 0.2) is 0 Å². The number of anilines is 3. The van der Waals surface area contributed by atoms with Crippen LogP contribution in [0.25, 0.3) is 0 Å². The molecule has 0 saturated heterocycles. The summed E-state index contributed by atoms with van der Waals surface area (Å²) in [4.78, 5) is 20.8. The number of carbonyl (C=O) groups is 1. The molecule has 1 amide bonds. The Morgan fingerprint density at radius 1 is 1.12 bits per heavy atom. The summed E-state index contributed by atoms with van der Waals surface area (Å²) < 4.78 is 5.17. The molecule has 0 saturated carbocycles. The van der Waals surface area contributed by atoms with Crippen LogP contribution >= 0.6 is 23.2 Å². The molecule has 3 rings (SSSR count). The van der Waals surface area contributed by atoms with Crippen LogP contribution in [0.1, 0.15) is 10.5 Å². The summed E-state index contributed by atoms with van der Waals surface area (Å²) in [6, 6.07) is 13.6. The van der Waals surface area contributed by atoms with Crippen molar-refractivity contribution in [2.24, 2.45) is 0 Å². The first-order valence-electron chi connectivity index (χ1n) is 7.55. The van der Waals surface area contributed by atoms with E-state index in [1.54, 1.807) is 31.4 Å². The number of hydrogen-bond acceptors (Lipinski definition) is 5. The maximum absolute atomic E-state index is 12.4. The van der Waals surface area contributed by atoms with E-state index in [0.717, 1.165) is 5.69 Å². The Balaban J connectivity index is 1.77. The van der Waals surface area contributed by atoms with E-state index in [1.165, 1.54) is 12.3 Å². The number of ether oxygens (including phenoxy) is 1. The van der Waals surface area contributed by atoms with E-state index in [4.69, 9.17) is 27.9 Å². The molecule has 0 spiro atoms. The fourth-order valence-electron chi connectivity index (χ4n) is 2.15. The molecule has 26 heavy (non-hydrogen) atoms. The molecule has 3 aromatic rings. The van der Waals surface area contributed by atoms with Crippen molar-refractivity contribution in [2.75, 3.05) is 17.7 Å². The molecule has 0 unspecified atom stereocenters. The zero-order valence-corrected chi connectivity index (χ0v) is 15.2. The van der Waals surface area contributed by atoms with Gasteiger partial charge in [0.1, 0.15) is 11.4 Å². The minimum absolute atomic E-state index is 0.182. The molecule has 8 heteroatoms. The van der Waals surface area contributed by atoms with E-state index in [9.17, 15) is 4.79 Å². The molecular formula is C18H14Cl2N4O2. The van der Waals surface area contributed by atoms with Crippen molar-refractivity contribution in [2.45, 2.75) is 0 Å². The van der Waals surface area contributed by atoms with E-state index in [2.05, 4.69) is 20.6 Å². The summed E-state index contributed by atoms with van der Waals surface area (Å²) in [6.45, 7) is 0. The minimum atomic E-state index is -0.426. The van der Waals surface area contributed by atoms with Gasteiger partial charge >= 0.3 is 0 Å². The molecule has 132 valence electrons. The van der Waals surface area contributed by atoms with Gasteiger partial charge in [0.05, 0.1) is 17.8 Å². The monoisotopic (exact) mass is 388 g/mol. The molecule has 2 N–H and O–H groups in total. The van der Waals surface area contributed by atoms with Gasteiger partial charge in [-0.1, -0.05) is 29.3 Å². The predicted molar refractivity (Wildman–Crippen MR) is 103 cm³/mol. The third-order valence-corrected chi connectivity index (χ3v) is 3.96. The first kappa shape index (κ1) is 18.0. The molecule has 1 heterocycles. The van der Waals surface area contributed by atoms with Crippen molar-refractivity contribution in [3.63, 3.8) is 0 Å². The topological polar surface area (TPSA) is 76.1 Å². The van der Waals surface area contributed by atoms with E-state index in [-0.39, 0.29) is 11.6 Å². The lowest BCUT2D eigenvalue weighted by Gasteiger charge is -2.09. The number of hydrogen-bond donors (Lipinski definition) is 2. The highest BCUT2D eigenvalue weighted by Gasteiger charge is 2.12. The maximum Gasteiger partial charge on any atom is 0.274 e. The standard InChI is InChI=1S/C18H14Cl2N4O2/c1-26-13-4-2-3-12(10-13)22-18-21-8-7-15(24-18)17(25)23-16-9-11(19)5-6-14(16)20/h2-10H,1H3,(H,23,25)(H,21,22,24). The lowest BCUT2D eigenvalue weighted by molar-refractivity contribution is 0.102. The van der Waals surface area contributed by atoms with Crippen LogP contribution in [0.5, 0.6) is 5.75 Å². The highest BCUT2D eigenvalue weighted by atomic mass is 35.5. The summed E-state index contributed by atoms with van der Waals surface area (Å²) >= 11 is 12.0. The Bertz CT molecular complexity index is 950. The van der Waals surface area contributed by atoms with Crippen molar-refractivity contribution in [3.8, 4) is 5.75 Å².